The Morgan fingerprint density at radius 3 is 2.61 bits per heavy atom. The normalized spacial score (nSPS) is 23.4. The lowest BCUT2D eigenvalue weighted by atomic mass is 9.91. The monoisotopic (exact) mass is 618 g/mol. The van der Waals surface area contributed by atoms with Crippen LogP contribution in [-0.4, -0.2) is 76.6 Å². The standard InChI is InChI=1S/C31H38F4N6O3/c1-4-24(42)39-11-12-41(19(3)15-39)28-20-16-43-23(25-26(31(33,34)35)18(2)13-21(36)27(25)32)14-22(20)37-29(38-28)44-17-30-7-5-9-40(30)10-6-8-30/h4,13,19,23H,1,5-12,14-17,36H2,2-3H3/t19-,23-/m0/s1. The molecule has 2 N–H and O–H groups in total. The van der Waals surface area contributed by atoms with Crippen molar-refractivity contribution in [2.75, 3.05) is 50.0 Å². The molecule has 44 heavy (non-hydrogen) atoms. The number of anilines is 2. The molecule has 1 aromatic heterocycles. The number of aryl methyl sites for hydroxylation is 1. The van der Waals surface area contributed by atoms with Crippen molar-refractivity contribution < 1.29 is 31.8 Å². The van der Waals surface area contributed by atoms with Crippen LogP contribution in [0.3, 0.4) is 0 Å². The van der Waals surface area contributed by atoms with Crippen LogP contribution in [0.25, 0.3) is 0 Å². The highest BCUT2D eigenvalue weighted by Crippen LogP contribution is 2.45. The molecule has 4 aliphatic heterocycles. The summed E-state index contributed by atoms with van der Waals surface area (Å²) in [7, 11) is 0. The van der Waals surface area contributed by atoms with Crippen LogP contribution in [-0.2, 0) is 28.7 Å². The Morgan fingerprint density at radius 1 is 1.23 bits per heavy atom. The van der Waals surface area contributed by atoms with Gasteiger partial charge >= 0.3 is 12.2 Å². The van der Waals surface area contributed by atoms with Crippen LogP contribution in [0.4, 0.5) is 29.1 Å². The van der Waals surface area contributed by atoms with Gasteiger partial charge in [0.05, 0.1) is 35.2 Å². The quantitative estimate of drug-likeness (QED) is 0.286. The Morgan fingerprint density at radius 2 is 1.95 bits per heavy atom. The molecule has 0 radical (unpaired) electrons. The first kappa shape index (κ1) is 30.6. The maximum Gasteiger partial charge on any atom is 0.417 e. The van der Waals surface area contributed by atoms with Crippen molar-refractivity contribution in [3.63, 3.8) is 0 Å². The molecular formula is C31H38F4N6O3. The van der Waals surface area contributed by atoms with E-state index in [0.29, 0.717) is 43.3 Å². The van der Waals surface area contributed by atoms with Crippen LogP contribution in [0.2, 0.25) is 0 Å². The molecule has 0 unspecified atom stereocenters. The van der Waals surface area contributed by atoms with Crippen LogP contribution in [0.1, 0.15) is 66.7 Å². The van der Waals surface area contributed by atoms with Gasteiger partial charge in [-0.25, -0.2) is 4.39 Å². The second-order valence-electron chi connectivity index (χ2n) is 12.4. The first-order valence-electron chi connectivity index (χ1n) is 15.1. The molecule has 0 saturated carbocycles. The highest BCUT2D eigenvalue weighted by molar-refractivity contribution is 5.87. The number of ether oxygens (including phenoxy) is 2. The summed E-state index contributed by atoms with van der Waals surface area (Å²) in [6.07, 6.45) is -0.686. The van der Waals surface area contributed by atoms with E-state index in [1.54, 1.807) is 4.90 Å². The first-order chi connectivity index (χ1) is 20.9. The lowest BCUT2D eigenvalue weighted by Gasteiger charge is -2.41. The van der Waals surface area contributed by atoms with E-state index in [4.69, 9.17) is 25.2 Å². The molecule has 13 heteroatoms. The number of nitrogens with zero attached hydrogens (tertiary/aromatic N) is 5. The van der Waals surface area contributed by atoms with Crippen molar-refractivity contribution in [2.45, 2.75) is 76.4 Å². The summed E-state index contributed by atoms with van der Waals surface area (Å²) in [6, 6.07) is 0.990. The Kier molecular flexibility index (Phi) is 7.98. The van der Waals surface area contributed by atoms with Gasteiger partial charge < -0.3 is 25.0 Å². The van der Waals surface area contributed by atoms with Gasteiger partial charge in [0, 0.05) is 43.2 Å². The van der Waals surface area contributed by atoms with Crippen molar-refractivity contribution in [1.82, 2.24) is 19.8 Å². The molecule has 0 aliphatic carbocycles. The van der Waals surface area contributed by atoms with Crippen LogP contribution in [0, 0.1) is 12.7 Å². The number of alkyl halides is 3. The molecule has 3 saturated heterocycles. The van der Waals surface area contributed by atoms with E-state index in [2.05, 4.69) is 11.5 Å². The average molecular weight is 619 g/mol. The fourth-order valence-corrected chi connectivity index (χ4v) is 7.50. The Bertz CT molecular complexity index is 1460. The van der Waals surface area contributed by atoms with E-state index in [1.807, 2.05) is 11.8 Å². The summed E-state index contributed by atoms with van der Waals surface area (Å²) in [5.74, 6) is -0.747. The number of hydrogen-bond donors (Lipinski definition) is 1. The highest BCUT2D eigenvalue weighted by Gasteiger charge is 2.46. The minimum atomic E-state index is -4.81. The molecule has 0 bridgehead atoms. The molecule has 0 spiro atoms. The second-order valence-corrected chi connectivity index (χ2v) is 12.4. The summed E-state index contributed by atoms with van der Waals surface area (Å²) in [4.78, 5) is 28.0. The molecule has 2 aromatic rings. The zero-order valence-electron chi connectivity index (χ0n) is 25.1. The van der Waals surface area contributed by atoms with Gasteiger partial charge in [-0.2, -0.15) is 23.1 Å². The molecule has 4 aliphatic rings. The van der Waals surface area contributed by atoms with Gasteiger partial charge in [0.1, 0.15) is 12.4 Å². The third kappa shape index (κ3) is 5.38. The highest BCUT2D eigenvalue weighted by atomic mass is 19.4. The van der Waals surface area contributed by atoms with Crippen molar-refractivity contribution in [1.29, 1.82) is 0 Å². The number of aromatic nitrogens is 2. The SMILES string of the molecule is C=CC(=O)N1CCN(c2nc(OCC34CCCN3CCC4)nc3c2CO[C@H](c2c(F)c(N)cc(C)c2C(F)(F)F)C3)[C@@H](C)C1. The fraction of sp³-hybridized carbons (Fsp3) is 0.581. The van der Waals surface area contributed by atoms with E-state index in [1.165, 1.54) is 13.0 Å². The largest absolute Gasteiger partial charge is 0.461 e. The molecule has 6 rings (SSSR count). The molecular weight excluding hydrogens is 580 g/mol. The summed E-state index contributed by atoms with van der Waals surface area (Å²) in [5, 5.41) is 0. The smallest absolute Gasteiger partial charge is 0.417 e. The van der Waals surface area contributed by atoms with E-state index < -0.39 is 29.2 Å². The summed E-state index contributed by atoms with van der Waals surface area (Å²) < 4.78 is 70.2. The second kappa shape index (κ2) is 11.5. The minimum Gasteiger partial charge on any atom is -0.461 e. The van der Waals surface area contributed by atoms with Gasteiger partial charge in [-0.05, 0) is 70.3 Å². The Labute approximate surface area is 254 Å². The van der Waals surface area contributed by atoms with Crippen LogP contribution in [0.15, 0.2) is 18.7 Å². The van der Waals surface area contributed by atoms with Crippen molar-refractivity contribution in [3.8, 4) is 6.01 Å². The molecule has 1 aromatic carbocycles. The van der Waals surface area contributed by atoms with E-state index in [-0.39, 0.29) is 47.8 Å². The molecule has 3 fully saturated rings. The molecule has 5 heterocycles. The van der Waals surface area contributed by atoms with Gasteiger partial charge in [0.2, 0.25) is 5.91 Å². The summed E-state index contributed by atoms with van der Waals surface area (Å²) in [5.41, 5.74) is 4.54. The predicted molar refractivity (Wildman–Crippen MR) is 156 cm³/mol. The minimum absolute atomic E-state index is 0.0706. The molecule has 2 atom stereocenters. The number of amides is 1. The van der Waals surface area contributed by atoms with Gasteiger partial charge in [-0.15, -0.1) is 0 Å². The maximum absolute atomic E-state index is 15.4. The van der Waals surface area contributed by atoms with Crippen molar-refractivity contribution in [2.24, 2.45) is 0 Å². The number of hydrogen-bond acceptors (Lipinski definition) is 8. The summed E-state index contributed by atoms with van der Waals surface area (Å²) in [6.45, 7) is 10.5. The number of carbonyl (C=O) groups is 1. The molecule has 9 nitrogen and oxygen atoms in total. The topological polar surface area (TPSA) is 97.0 Å². The van der Waals surface area contributed by atoms with Crippen molar-refractivity contribution >= 4 is 17.4 Å². The van der Waals surface area contributed by atoms with Gasteiger partial charge in [-0.3, -0.25) is 9.69 Å². The van der Waals surface area contributed by atoms with E-state index in [0.717, 1.165) is 44.8 Å². The zero-order valence-corrected chi connectivity index (χ0v) is 25.1. The van der Waals surface area contributed by atoms with E-state index >= 15 is 4.39 Å². The third-order valence-electron chi connectivity index (χ3n) is 9.66. The number of halogens is 4. The number of benzene rings is 1. The van der Waals surface area contributed by atoms with Crippen LogP contribution in [0.5, 0.6) is 6.01 Å². The number of fused-ring (bicyclic) bond motifs is 2. The Hall–Kier alpha value is -3.45. The van der Waals surface area contributed by atoms with Gasteiger partial charge in [0.25, 0.3) is 0 Å². The predicted octanol–water partition coefficient (Wildman–Crippen LogP) is 4.57. The van der Waals surface area contributed by atoms with Gasteiger partial charge in [-0.1, -0.05) is 6.58 Å². The number of piperazine rings is 1. The fourth-order valence-electron chi connectivity index (χ4n) is 7.50. The van der Waals surface area contributed by atoms with Crippen molar-refractivity contribution in [3.05, 3.63) is 52.5 Å². The number of rotatable bonds is 6. The number of carbonyl (C=O) groups excluding carboxylic acids is 1. The molecule has 238 valence electrons. The first-order valence-corrected chi connectivity index (χ1v) is 15.1. The third-order valence-corrected chi connectivity index (χ3v) is 9.66. The van der Waals surface area contributed by atoms with Crippen LogP contribution < -0.4 is 15.4 Å². The lowest BCUT2D eigenvalue weighted by molar-refractivity contribution is -0.140. The maximum atomic E-state index is 15.4. The number of nitrogens with two attached hydrogens (primary N) is 1. The zero-order chi connectivity index (χ0) is 31.4. The van der Waals surface area contributed by atoms with Crippen LogP contribution >= 0.6 is 0 Å². The number of nitrogen functional groups attached to an aromatic ring is 1. The van der Waals surface area contributed by atoms with E-state index in [9.17, 15) is 18.0 Å². The molecule has 1 amide bonds. The summed E-state index contributed by atoms with van der Waals surface area (Å²) >= 11 is 0. The Balaban J connectivity index is 1.37. The average Bonchev–Trinajstić information content (AvgIpc) is 3.56. The van der Waals surface area contributed by atoms with Gasteiger partial charge in [0.15, 0.2) is 5.82 Å². The lowest BCUT2D eigenvalue weighted by Crippen LogP contribution is -2.54.